The predicted molar refractivity (Wildman–Crippen MR) is 218 cm³/mol. The van der Waals surface area contributed by atoms with Gasteiger partial charge in [0, 0.05) is 32.1 Å². The van der Waals surface area contributed by atoms with Crippen LogP contribution in [0.15, 0.2) is 168 Å². The second-order valence-electron chi connectivity index (χ2n) is 14.5. The molecule has 2 amide bonds. The third kappa shape index (κ3) is 8.65. The summed E-state index contributed by atoms with van der Waals surface area (Å²) in [7, 11) is 0. The van der Waals surface area contributed by atoms with Crippen LogP contribution in [0.25, 0.3) is 11.0 Å². The molecule has 0 saturated heterocycles. The molecular formula is C46H43N5O9. The Hall–Kier alpha value is -7.16. The Balaban J connectivity index is 1.01. The number of aromatic nitrogens is 3. The number of carbonyl (C=O) groups is 2. The van der Waals surface area contributed by atoms with E-state index >= 15 is 0 Å². The van der Waals surface area contributed by atoms with Crippen LogP contribution in [0.3, 0.4) is 0 Å². The smallest absolute Gasteiger partial charge is 0.292 e. The summed E-state index contributed by atoms with van der Waals surface area (Å²) in [6.07, 6.45) is 2.78. The van der Waals surface area contributed by atoms with Crippen LogP contribution in [0.1, 0.15) is 35.1 Å². The number of aliphatic hydroxyl groups is 2. The summed E-state index contributed by atoms with van der Waals surface area (Å²) in [5.41, 5.74) is -0.516. The molecule has 0 radical (unpaired) electrons. The Morgan fingerprint density at radius 1 is 0.517 bits per heavy atom. The van der Waals surface area contributed by atoms with Crippen molar-refractivity contribution in [3.05, 3.63) is 196 Å². The summed E-state index contributed by atoms with van der Waals surface area (Å²) in [5, 5.41) is 29.2. The van der Waals surface area contributed by atoms with Gasteiger partial charge in [0.1, 0.15) is 31.9 Å². The van der Waals surface area contributed by atoms with Crippen LogP contribution < -0.4 is 16.2 Å². The summed E-state index contributed by atoms with van der Waals surface area (Å²) in [4.78, 5) is 45.2. The zero-order valence-corrected chi connectivity index (χ0v) is 32.5. The van der Waals surface area contributed by atoms with Gasteiger partial charge >= 0.3 is 0 Å². The molecule has 14 heteroatoms. The lowest BCUT2D eigenvalue weighted by molar-refractivity contribution is -0.125. The Bertz CT molecular complexity index is 2590. The molecule has 306 valence electrons. The van der Waals surface area contributed by atoms with Crippen molar-refractivity contribution in [2.45, 2.75) is 63.8 Å². The maximum absolute atomic E-state index is 14.1. The molecule has 4 N–H and O–H groups in total. The van der Waals surface area contributed by atoms with Gasteiger partial charge in [-0.25, -0.2) is 4.98 Å². The number of hydrogen-bond donors (Lipinski definition) is 4. The zero-order valence-electron chi connectivity index (χ0n) is 32.5. The Morgan fingerprint density at radius 2 is 0.900 bits per heavy atom. The summed E-state index contributed by atoms with van der Waals surface area (Å²) >= 11 is 0. The average molecular weight is 810 g/mol. The first-order valence-corrected chi connectivity index (χ1v) is 19.5. The maximum Gasteiger partial charge on any atom is 0.292 e. The van der Waals surface area contributed by atoms with E-state index in [2.05, 4.69) is 15.6 Å². The Morgan fingerprint density at radius 3 is 1.32 bits per heavy atom. The highest BCUT2D eigenvalue weighted by atomic mass is 16.5. The van der Waals surface area contributed by atoms with Crippen molar-refractivity contribution in [3.8, 4) is 0 Å². The first-order valence-electron chi connectivity index (χ1n) is 19.5. The van der Waals surface area contributed by atoms with E-state index in [1.165, 1.54) is 10.9 Å². The third-order valence-electron chi connectivity index (χ3n) is 10.3. The second-order valence-corrected chi connectivity index (χ2v) is 14.5. The minimum Gasteiger partial charge on any atom is -0.484 e. The monoisotopic (exact) mass is 809 g/mol. The molecule has 0 bridgehead atoms. The first kappa shape index (κ1) is 39.7. The molecule has 2 atom stereocenters. The molecule has 2 aromatic heterocycles. The molecule has 6 aromatic rings. The van der Waals surface area contributed by atoms with Gasteiger partial charge in [-0.15, -0.1) is 0 Å². The van der Waals surface area contributed by atoms with Crippen LogP contribution in [0.2, 0.25) is 0 Å². The van der Waals surface area contributed by atoms with Crippen molar-refractivity contribution in [3.63, 3.8) is 0 Å². The minimum atomic E-state index is -2.01. The molecule has 0 fully saturated rings. The summed E-state index contributed by atoms with van der Waals surface area (Å²) in [5.74, 6) is -1.72. The molecule has 14 nitrogen and oxygen atoms in total. The van der Waals surface area contributed by atoms with Crippen LogP contribution in [0, 0.1) is 0 Å². The molecule has 2 aliphatic rings. The number of nitrogens with zero attached hydrogens (tertiary/aromatic N) is 3. The van der Waals surface area contributed by atoms with Crippen molar-refractivity contribution in [2.75, 3.05) is 0 Å². The highest BCUT2D eigenvalue weighted by Gasteiger charge is 2.48. The SMILES string of the molecule is O=C1NC(O)(CCn2cnc3ccn(CCC4(O)NC(=O)C(OCc5ccccc5)=C4OCc4ccccc4)c3c2=O)C(OCc2ccccc2)=C1OCc1ccccc1. The van der Waals surface area contributed by atoms with E-state index in [9.17, 15) is 24.6 Å². The predicted octanol–water partition coefficient (Wildman–Crippen LogP) is 4.91. The largest absolute Gasteiger partial charge is 0.484 e. The van der Waals surface area contributed by atoms with Crippen molar-refractivity contribution >= 4 is 22.8 Å². The number of fused-ring (bicyclic) bond motifs is 1. The van der Waals surface area contributed by atoms with Crippen LogP contribution in [0.4, 0.5) is 0 Å². The summed E-state index contributed by atoms with van der Waals surface area (Å²) in [6.45, 7) is 0.237. The van der Waals surface area contributed by atoms with Gasteiger partial charge in [-0.3, -0.25) is 19.0 Å². The van der Waals surface area contributed by atoms with E-state index in [-0.39, 0.29) is 80.9 Å². The number of aryl methyl sites for hydroxylation is 2. The van der Waals surface area contributed by atoms with Crippen LogP contribution in [-0.2, 0) is 68.1 Å². The van der Waals surface area contributed by atoms with E-state index in [1.807, 2.05) is 121 Å². The van der Waals surface area contributed by atoms with Gasteiger partial charge in [0.15, 0.2) is 11.5 Å². The minimum absolute atomic E-state index is 0.0499. The van der Waals surface area contributed by atoms with E-state index in [0.717, 1.165) is 22.3 Å². The first-order chi connectivity index (χ1) is 29.2. The molecule has 0 spiro atoms. The fourth-order valence-corrected chi connectivity index (χ4v) is 7.12. The third-order valence-corrected chi connectivity index (χ3v) is 10.3. The topological polar surface area (TPSA) is 175 Å². The lowest BCUT2D eigenvalue weighted by Crippen LogP contribution is -2.46. The van der Waals surface area contributed by atoms with Gasteiger partial charge in [-0.05, 0) is 28.3 Å². The van der Waals surface area contributed by atoms with Crippen molar-refractivity contribution in [1.29, 1.82) is 0 Å². The van der Waals surface area contributed by atoms with Crippen molar-refractivity contribution in [2.24, 2.45) is 0 Å². The van der Waals surface area contributed by atoms with Gasteiger partial charge in [-0.2, -0.15) is 0 Å². The molecule has 4 heterocycles. The molecule has 8 rings (SSSR count). The zero-order chi connectivity index (χ0) is 41.5. The van der Waals surface area contributed by atoms with Crippen LogP contribution >= 0.6 is 0 Å². The quantitative estimate of drug-likeness (QED) is 0.0935. The van der Waals surface area contributed by atoms with Crippen LogP contribution in [0.5, 0.6) is 0 Å². The van der Waals surface area contributed by atoms with E-state index in [4.69, 9.17) is 18.9 Å². The second kappa shape index (κ2) is 17.4. The maximum atomic E-state index is 14.1. The van der Waals surface area contributed by atoms with Gasteiger partial charge in [-0.1, -0.05) is 121 Å². The highest BCUT2D eigenvalue weighted by Crippen LogP contribution is 2.34. The van der Waals surface area contributed by atoms with Gasteiger partial charge in [0.25, 0.3) is 17.4 Å². The molecule has 2 aliphatic heterocycles. The normalized spacial score (nSPS) is 18.8. The number of rotatable bonds is 18. The molecular weight excluding hydrogens is 767 g/mol. The Kier molecular flexibility index (Phi) is 11.5. The van der Waals surface area contributed by atoms with E-state index in [0.29, 0.717) is 5.52 Å². The molecule has 60 heavy (non-hydrogen) atoms. The summed E-state index contributed by atoms with van der Waals surface area (Å²) < 4.78 is 27.1. The Labute approximate surface area is 344 Å². The molecule has 2 unspecified atom stereocenters. The van der Waals surface area contributed by atoms with E-state index < -0.39 is 28.8 Å². The lowest BCUT2D eigenvalue weighted by Gasteiger charge is -2.26. The number of amides is 2. The molecule has 0 aliphatic carbocycles. The van der Waals surface area contributed by atoms with Gasteiger partial charge < -0.3 is 44.4 Å². The van der Waals surface area contributed by atoms with Gasteiger partial charge in [0.05, 0.1) is 11.8 Å². The number of benzene rings is 4. The van der Waals surface area contributed by atoms with Crippen molar-refractivity contribution in [1.82, 2.24) is 24.8 Å². The lowest BCUT2D eigenvalue weighted by atomic mass is 10.1. The van der Waals surface area contributed by atoms with Crippen molar-refractivity contribution < 1.29 is 38.7 Å². The molecule has 4 aromatic carbocycles. The fraction of sp³-hybridized carbons (Fsp3) is 0.217. The van der Waals surface area contributed by atoms with Gasteiger partial charge in [0.2, 0.25) is 23.0 Å². The number of hydrogen-bond acceptors (Lipinski definition) is 10. The standard InChI is InChI=1S/C46H43N5O9/c52-42-38(57-27-32-13-5-1-6-14-32)40(59-29-34-17-9-3-10-18-34)45(55,48-42)22-25-50-24-21-36-37(50)44(54)51(31-47-36)26-23-46(56)41(60-30-35-19-11-4-12-20-35)39(43(53)49-46)58-28-33-15-7-2-8-16-33/h1-21,24,31,55-56H,22-23,25-30H2,(H,48,52)(H,49,53). The fourth-order valence-electron chi connectivity index (χ4n) is 7.12. The number of nitrogens with one attached hydrogen (secondary N) is 2. The average Bonchev–Trinajstić information content (AvgIpc) is 3.88. The number of carbonyl (C=O) groups excluding carboxylic acids is 2. The molecule has 0 saturated carbocycles. The highest BCUT2D eigenvalue weighted by molar-refractivity contribution is 5.96. The van der Waals surface area contributed by atoms with E-state index in [1.54, 1.807) is 16.8 Å². The van der Waals surface area contributed by atoms with Crippen LogP contribution in [-0.4, -0.2) is 47.6 Å². The number of ether oxygens (including phenoxy) is 4. The summed E-state index contributed by atoms with van der Waals surface area (Å²) in [6, 6.07) is 38.9.